The zero-order valence-electron chi connectivity index (χ0n) is 62.6. The molecule has 4 unspecified atom stereocenters. The van der Waals surface area contributed by atoms with Crippen LogP contribution in [0, 0.1) is 21.6 Å². The number of anilines is 4. The maximum atomic E-state index is 13.3. The Morgan fingerprint density at radius 3 is 1.26 bits per heavy atom. The van der Waals surface area contributed by atoms with Crippen LogP contribution in [0.15, 0.2) is 196 Å². The van der Waals surface area contributed by atoms with Gasteiger partial charge >= 0.3 is 0 Å². The monoisotopic (exact) mass is 1390 g/mol. The predicted octanol–water partition coefficient (Wildman–Crippen LogP) is 11.7. The summed E-state index contributed by atoms with van der Waals surface area (Å²) >= 11 is 0. The van der Waals surface area contributed by atoms with Crippen LogP contribution in [0.4, 0.5) is 22.7 Å². The van der Waals surface area contributed by atoms with Crippen LogP contribution < -0.4 is 35.6 Å². The van der Waals surface area contributed by atoms with E-state index in [0.29, 0.717) is 68.6 Å². The van der Waals surface area contributed by atoms with Crippen molar-refractivity contribution >= 4 is 57.4 Å². The van der Waals surface area contributed by atoms with E-state index in [1.807, 2.05) is 62.6 Å². The molecule has 0 radical (unpaired) electrons. The fourth-order valence-electron chi connectivity index (χ4n) is 15.1. The van der Waals surface area contributed by atoms with Crippen LogP contribution in [0.25, 0.3) is 0 Å². The van der Waals surface area contributed by atoms with Gasteiger partial charge in [0, 0.05) is 136 Å². The Kier molecular flexibility index (Phi) is 23.5. The molecule has 4 aromatic carbocycles. The molecule has 542 valence electrons. The number of nitrogens with one attached hydrogen (secondary N) is 6. The Bertz CT molecular complexity index is 4070. The number of fused-ring (bicyclic) bond motifs is 4. The highest BCUT2D eigenvalue weighted by Gasteiger charge is 2.46. The number of likely N-dealkylation sites (N-methyl/N-ethyl adjacent to an activating group) is 4. The fraction of sp³-hybridized carbons (Fsp3) is 0.439. The van der Waals surface area contributed by atoms with Crippen LogP contribution in [-0.2, 0) is 54.9 Å². The largest absolute Gasteiger partial charge is 0.379 e. The third kappa shape index (κ3) is 15.5. The SMILES string of the molecule is CNC(=O)/C(=C\C=C1/N(CCOCC(COCCN2/C(=C\C=C(\C(C)=N)C3OC3NC)C(C)(C)c3ccccc32)(COCCN2/C(=C/C=C3/C(=O)N(C)N=C3C)C(C)(C)c3ccccc32)COCCN2/C(=C/C=C(\C(C)=N)C(O)NC)C(C)(C)c3ccccc32)c2ccccc2C1(C)C)C(C)=N. The molecule has 20 heteroatoms. The highest BCUT2D eigenvalue weighted by atomic mass is 16.6. The Morgan fingerprint density at radius 2 is 0.941 bits per heavy atom. The van der Waals surface area contributed by atoms with Gasteiger partial charge in [-0.05, 0) is 125 Å². The number of aliphatic hydroxyl groups is 1. The van der Waals surface area contributed by atoms with E-state index in [2.05, 4.69) is 187 Å². The van der Waals surface area contributed by atoms with E-state index in [9.17, 15) is 14.7 Å². The summed E-state index contributed by atoms with van der Waals surface area (Å²) in [5, 5.41) is 51.4. The van der Waals surface area contributed by atoms with Gasteiger partial charge in [0.15, 0.2) is 0 Å². The summed E-state index contributed by atoms with van der Waals surface area (Å²) in [4.78, 5) is 35.6. The van der Waals surface area contributed by atoms with Crippen molar-refractivity contribution in [3.05, 3.63) is 213 Å². The lowest BCUT2D eigenvalue weighted by atomic mass is 9.83. The minimum Gasteiger partial charge on any atom is -0.379 e. The van der Waals surface area contributed by atoms with E-state index in [1.165, 1.54) is 10.6 Å². The standard InChI is InChI=1S/C82H106N12O8/c1-53(83)57(73-76(88-15)102-73)33-37-69-78(5,6)61-25-17-21-29-65(61)91(69)41-45-98-49-82(50-99-46-42-92-66-30-22-18-26-62(66)79(7,8)70(92)38-34-58(54(2)84)74(95)86-13,51-100-47-43-93-67-31-23-19-27-63(67)80(9,10)71(93)39-35-59(55(3)85)75(96)87-14)52-101-48-44-94-68-32-24-20-28-64(68)81(11,12)72(94)40-36-60-56(4)89-90(16)77(60)97/h17-40,73-74,76,83-86,88,95H,41-52H2,1-16H3,(H,87,96)/b57-33-,58-34+,59-35-,60-36+,69-37-,70-38+,71-39-,72-40+,83-53?,84-54?,85-55?. The van der Waals surface area contributed by atoms with Crippen molar-refractivity contribution < 1.29 is 38.4 Å². The number of aliphatic hydroxyl groups excluding tert-OH is 1. The second-order valence-electron chi connectivity index (χ2n) is 29.4. The molecule has 2 amide bonds. The number of ether oxygens (including phenoxy) is 5. The average molecular weight is 1390 g/mol. The first-order chi connectivity index (χ1) is 48.6. The van der Waals surface area contributed by atoms with Gasteiger partial charge in [-0.15, -0.1) is 0 Å². The predicted molar refractivity (Wildman–Crippen MR) is 411 cm³/mol. The quantitative estimate of drug-likeness (QED) is 0.00791. The molecule has 7 N–H and O–H groups in total. The van der Waals surface area contributed by atoms with Crippen LogP contribution in [0.3, 0.4) is 0 Å². The number of benzene rings is 4. The minimum absolute atomic E-state index is 0.145. The van der Waals surface area contributed by atoms with Crippen molar-refractivity contribution in [1.29, 1.82) is 16.2 Å². The molecule has 20 nitrogen and oxygen atoms in total. The molecule has 10 rings (SSSR count). The molecule has 0 saturated carbocycles. The van der Waals surface area contributed by atoms with Crippen LogP contribution in [0.1, 0.15) is 105 Å². The lowest BCUT2D eigenvalue weighted by molar-refractivity contribution is -0.124. The third-order valence-electron chi connectivity index (χ3n) is 20.9. The first-order valence-electron chi connectivity index (χ1n) is 35.4. The maximum Gasteiger partial charge on any atom is 0.275 e. The summed E-state index contributed by atoms with van der Waals surface area (Å²) in [6.07, 6.45) is 14.3. The molecule has 0 spiro atoms. The number of hydrazone groups is 1. The maximum absolute atomic E-state index is 13.3. The van der Waals surface area contributed by atoms with Gasteiger partial charge in [0.2, 0.25) is 0 Å². The van der Waals surface area contributed by atoms with Gasteiger partial charge in [0.05, 0.1) is 75.1 Å². The van der Waals surface area contributed by atoms with Gasteiger partial charge in [-0.3, -0.25) is 20.2 Å². The number of nitrogens with zero attached hydrogens (tertiary/aromatic N) is 6. The lowest BCUT2D eigenvalue weighted by Gasteiger charge is -2.35. The first-order valence-corrected chi connectivity index (χ1v) is 35.4. The van der Waals surface area contributed by atoms with E-state index in [0.717, 1.165) is 67.8 Å². The Morgan fingerprint density at radius 1 is 0.569 bits per heavy atom. The third-order valence-corrected chi connectivity index (χ3v) is 20.9. The van der Waals surface area contributed by atoms with Gasteiger partial charge in [-0.25, -0.2) is 5.01 Å². The second-order valence-corrected chi connectivity index (χ2v) is 29.4. The van der Waals surface area contributed by atoms with Gasteiger partial charge in [0.25, 0.3) is 11.8 Å². The number of amides is 2. The summed E-state index contributed by atoms with van der Waals surface area (Å²) in [6, 6.07) is 33.7. The normalized spacial score (nSPS) is 22.2. The Labute approximate surface area is 603 Å². The molecule has 0 aliphatic carbocycles. The van der Waals surface area contributed by atoms with Crippen molar-refractivity contribution in [2.24, 2.45) is 10.5 Å². The molecular weight excluding hydrogens is 1280 g/mol. The summed E-state index contributed by atoms with van der Waals surface area (Å²) < 4.78 is 34.3. The Balaban J connectivity index is 0.999. The van der Waals surface area contributed by atoms with Crippen molar-refractivity contribution in [2.45, 2.75) is 123 Å². The number of rotatable bonds is 32. The topological polar surface area (TPSA) is 240 Å². The van der Waals surface area contributed by atoms with Gasteiger partial charge in [-0.1, -0.05) is 140 Å². The summed E-state index contributed by atoms with van der Waals surface area (Å²) in [7, 11) is 6.78. The number of para-hydroxylation sites is 4. The number of carbonyl (C=O) groups is 2. The molecule has 4 atom stereocenters. The van der Waals surface area contributed by atoms with E-state index in [-0.39, 0.29) is 79.6 Å². The molecule has 1 fully saturated rings. The van der Waals surface area contributed by atoms with Crippen LogP contribution in [-0.4, -0.2) is 171 Å². The highest BCUT2D eigenvalue weighted by molar-refractivity contribution is 6.24. The lowest BCUT2D eigenvalue weighted by Crippen LogP contribution is -2.44. The molecule has 4 aromatic rings. The van der Waals surface area contributed by atoms with Gasteiger partial charge in [-0.2, -0.15) is 5.10 Å². The molecule has 6 heterocycles. The van der Waals surface area contributed by atoms with Crippen LogP contribution in [0.2, 0.25) is 0 Å². The van der Waals surface area contributed by atoms with Gasteiger partial charge < -0.3 is 69.9 Å². The van der Waals surface area contributed by atoms with Crippen molar-refractivity contribution in [3.63, 3.8) is 0 Å². The minimum atomic E-state index is -1.02. The number of epoxide rings is 1. The van der Waals surface area contributed by atoms with Crippen molar-refractivity contribution in [2.75, 3.05) is 127 Å². The van der Waals surface area contributed by atoms with E-state index < -0.39 is 27.9 Å². The molecule has 102 heavy (non-hydrogen) atoms. The summed E-state index contributed by atoms with van der Waals surface area (Å²) in [6.45, 7) is 28.4. The average Bonchev–Trinajstić information content (AvgIpc) is 1.62. The van der Waals surface area contributed by atoms with Crippen molar-refractivity contribution in [3.8, 4) is 0 Å². The van der Waals surface area contributed by atoms with Crippen molar-refractivity contribution in [1.82, 2.24) is 21.0 Å². The molecule has 6 aliphatic rings. The van der Waals surface area contributed by atoms with E-state index >= 15 is 0 Å². The number of hydrogen-bond acceptors (Lipinski definition) is 18. The van der Waals surface area contributed by atoms with E-state index in [1.54, 1.807) is 48.0 Å². The Hall–Kier alpha value is -8.70. The smallest absolute Gasteiger partial charge is 0.275 e. The fourth-order valence-corrected chi connectivity index (χ4v) is 15.1. The zero-order chi connectivity index (χ0) is 73.6. The van der Waals surface area contributed by atoms with E-state index in [4.69, 9.17) is 39.9 Å². The summed E-state index contributed by atoms with van der Waals surface area (Å²) in [5.74, 6) is -0.487. The molecule has 0 bridgehead atoms. The molecule has 0 aromatic heterocycles. The number of hydrogen-bond donors (Lipinski definition) is 7. The first kappa shape index (κ1) is 76.0. The second kappa shape index (κ2) is 31.5. The molecular formula is C82H106N12O8. The zero-order valence-corrected chi connectivity index (χ0v) is 62.6. The summed E-state index contributed by atoms with van der Waals surface area (Å²) in [5.41, 5.74) is 13.9. The van der Waals surface area contributed by atoms with Gasteiger partial charge in [0.1, 0.15) is 18.6 Å². The number of allylic oxidation sites excluding steroid dienone is 12. The molecule has 6 aliphatic heterocycles. The highest BCUT2D eigenvalue weighted by Crippen LogP contribution is 2.51. The molecule has 1 saturated heterocycles. The van der Waals surface area contributed by atoms with Crippen LogP contribution >= 0.6 is 0 Å². The number of carbonyl (C=O) groups excluding carboxylic acids is 2. The van der Waals surface area contributed by atoms with Crippen LogP contribution in [0.5, 0.6) is 0 Å².